The van der Waals surface area contributed by atoms with Gasteiger partial charge in [-0.3, -0.25) is 0 Å². The van der Waals surface area contributed by atoms with E-state index in [1.165, 1.54) is 39.0 Å². The van der Waals surface area contributed by atoms with Gasteiger partial charge in [-0.05, 0) is 62.3 Å². The molecule has 4 aliphatic carbocycles. The molecule has 0 nitrogen and oxygen atoms in total. The van der Waals surface area contributed by atoms with Crippen molar-refractivity contribution in [3.8, 4) is 11.1 Å². The van der Waals surface area contributed by atoms with Gasteiger partial charge in [-0.25, -0.2) is 0 Å². The van der Waals surface area contributed by atoms with Crippen molar-refractivity contribution < 1.29 is 0 Å². The molecule has 0 saturated heterocycles. The van der Waals surface area contributed by atoms with E-state index in [2.05, 4.69) is 91.9 Å². The monoisotopic (exact) mass is 434 g/mol. The summed E-state index contributed by atoms with van der Waals surface area (Å²) in [5, 5.41) is 0. The van der Waals surface area contributed by atoms with Crippen molar-refractivity contribution in [1.29, 1.82) is 0 Å². The molecule has 3 aromatic carbocycles. The lowest BCUT2D eigenvalue weighted by Crippen LogP contribution is -2.27. The Hall–Kier alpha value is -2.86. The summed E-state index contributed by atoms with van der Waals surface area (Å²) in [4.78, 5) is 0. The SMILES string of the molecule is CC.CC.CC.CC1C2C=CC3=C(c4ccccc4C34c3ccccc3-c3ccccc34)C12. The summed E-state index contributed by atoms with van der Waals surface area (Å²) in [6.45, 7) is 14.4. The topological polar surface area (TPSA) is 0 Å². The van der Waals surface area contributed by atoms with E-state index in [1.807, 2.05) is 41.5 Å². The van der Waals surface area contributed by atoms with Crippen molar-refractivity contribution in [3.05, 3.63) is 113 Å². The van der Waals surface area contributed by atoms with E-state index in [4.69, 9.17) is 0 Å². The lowest BCUT2D eigenvalue weighted by molar-refractivity contribution is 0.779. The second-order valence-corrected chi connectivity index (χ2v) is 8.54. The van der Waals surface area contributed by atoms with Crippen molar-refractivity contribution >= 4 is 5.57 Å². The molecule has 0 heterocycles. The van der Waals surface area contributed by atoms with Crippen molar-refractivity contribution in [2.75, 3.05) is 0 Å². The Balaban J connectivity index is 0.000000403. The Bertz CT molecular complexity index is 1160. The third kappa shape index (κ3) is 2.96. The zero-order valence-electron chi connectivity index (χ0n) is 21.3. The standard InChI is InChI=1S/C27H20.3C2H6/c1-16-17-14-15-24-26(25(16)17)20-10-4-7-13-23(20)27(24)21-11-5-2-8-18(21)19-9-3-6-12-22(19)27;3*1-2/h2-17,25H,1H3;3*1-2H3. The van der Waals surface area contributed by atoms with E-state index in [0.717, 1.165) is 11.8 Å². The van der Waals surface area contributed by atoms with Crippen LogP contribution in [-0.4, -0.2) is 0 Å². The van der Waals surface area contributed by atoms with Gasteiger partial charge in [0, 0.05) is 0 Å². The summed E-state index contributed by atoms with van der Waals surface area (Å²) in [6.07, 6.45) is 4.96. The van der Waals surface area contributed by atoms with Crippen LogP contribution in [0.5, 0.6) is 0 Å². The molecule has 7 rings (SSSR count). The number of hydrogen-bond donors (Lipinski definition) is 0. The highest BCUT2D eigenvalue weighted by Crippen LogP contribution is 2.69. The van der Waals surface area contributed by atoms with Gasteiger partial charge >= 0.3 is 0 Å². The van der Waals surface area contributed by atoms with Crippen LogP contribution in [0.3, 0.4) is 0 Å². The summed E-state index contributed by atoms with van der Waals surface area (Å²) in [6, 6.07) is 27.3. The molecular weight excluding hydrogens is 396 g/mol. The Morgan fingerprint density at radius 3 is 1.52 bits per heavy atom. The van der Waals surface area contributed by atoms with Crippen LogP contribution in [0.15, 0.2) is 90.5 Å². The second kappa shape index (κ2) is 9.18. The molecule has 0 radical (unpaired) electrons. The van der Waals surface area contributed by atoms with Gasteiger partial charge in [0.25, 0.3) is 0 Å². The lowest BCUT2D eigenvalue weighted by atomic mass is 9.69. The molecule has 3 aromatic rings. The quantitative estimate of drug-likeness (QED) is 0.330. The lowest BCUT2D eigenvalue weighted by Gasteiger charge is -2.32. The predicted octanol–water partition coefficient (Wildman–Crippen LogP) is 9.30. The highest BCUT2D eigenvalue weighted by Gasteiger charge is 2.59. The Labute approximate surface area is 201 Å². The Morgan fingerprint density at radius 1 is 0.576 bits per heavy atom. The smallest absolute Gasteiger partial charge is 0.0722 e. The molecule has 0 amide bonds. The number of rotatable bonds is 0. The molecule has 1 saturated carbocycles. The van der Waals surface area contributed by atoms with Crippen LogP contribution in [-0.2, 0) is 5.41 Å². The molecule has 1 fully saturated rings. The van der Waals surface area contributed by atoms with Gasteiger partial charge in [-0.15, -0.1) is 0 Å². The van der Waals surface area contributed by atoms with Crippen molar-refractivity contribution in [1.82, 2.24) is 0 Å². The molecule has 0 aliphatic heterocycles. The van der Waals surface area contributed by atoms with Crippen LogP contribution in [0.25, 0.3) is 16.7 Å². The second-order valence-electron chi connectivity index (χ2n) is 8.54. The summed E-state index contributed by atoms with van der Waals surface area (Å²) in [5.41, 5.74) is 11.7. The average Bonchev–Trinajstić information content (AvgIpc) is 3.35. The van der Waals surface area contributed by atoms with Gasteiger partial charge in [0.1, 0.15) is 0 Å². The van der Waals surface area contributed by atoms with E-state index in [0.29, 0.717) is 5.92 Å². The van der Waals surface area contributed by atoms with E-state index in [9.17, 15) is 0 Å². The molecule has 3 unspecified atom stereocenters. The first-order chi connectivity index (χ1) is 16.3. The predicted molar refractivity (Wildman–Crippen MR) is 144 cm³/mol. The minimum Gasteiger partial charge on any atom is -0.0802 e. The van der Waals surface area contributed by atoms with Gasteiger partial charge in [-0.2, -0.15) is 0 Å². The molecule has 1 spiro atoms. The van der Waals surface area contributed by atoms with Crippen LogP contribution >= 0.6 is 0 Å². The van der Waals surface area contributed by atoms with E-state index in [1.54, 1.807) is 5.57 Å². The third-order valence-corrected chi connectivity index (χ3v) is 7.53. The van der Waals surface area contributed by atoms with E-state index < -0.39 is 0 Å². The van der Waals surface area contributed by atoms with Gasteiger partial charge in [0.05, 0.1) is 5.41 Å². The normalized spacial score (nSPS) is 22.7. The van der Waals surface area contributed by atoms with Crippen LogP contribution in [0.2, 0.25) is 0 Å². The van der Waals surface area contributed by atoms with Gasteiger partial charge < -0.3 is 0 Å². The molecule has 3 atom stereocenters. The zero-order chi connectivity index (χ0) is 23.8. The largest absolute Gasteiger partial charge is 0.0802 e. The fourth-order valence-corrected chi connectivity index (χ4v) is 6.38. The van der Waals surface area contributed by atoms with Crippen LogP contribution in [0.4, 0.5) is 0 Å². The third-order valence-electron chi connectivity index (χ3n) is 7.53. The maximum absolute atomic E-state index is 2.49. The molecule has 0 N–H and O–H groups in total. The van der Waals surface area contributed by atoms with Crippen LogP contribution in [0, 0.1) is 17.8 Å². The minimum atomic E-state index is -0.136. The number of benzene rings is 3. The highest BCUT2D eigenvalue weighted by molar-refractivity contribution is 5.97. The van der Waals surface area contributed by atoms with Crippen LogP contribution in [0.1, 0.15) is 70.7 Å². The highest BCUT2D eigenvalue weighted by atomic mass is 14.6. The Morgan fingerprint density at radius 2 is 1.00 bits per heavy atom. The first kappa shape index (κ1) is 23.3. The zero-order valence-corrected chi connectivity index (χ0v) is 21.3. The molecule has 0 bridgehead atoms. The average molecular weight is 435 g/mol. The fourth-order valence-electron chi connectivity index (χ4n) is 6.38. The van der Waals surface area contributed by atoms with E-state index in [-0.39, 0.29) is 5.41 Å². The summed E-state index contributed by atoms with van der Waals surface area (Å²) < 4.78 is 0. The maximum Gasteiger partial charge on any atom is 0.0722 e. The molecule has 33 heavy (non-hydrogen) atoms. The number of hydrogen-bond acceptors (Lipinski definition) is 0. The van der Waals surface area contributed by atoms with Crippen molar-refractivity contribution in [3.63, 3.8) is 0 Å². The maximum atomic E-state index is 2.49. The van der Waals surface area contributed by atoms with Gasteiger partial charge in [-0.1, -0.05) is 133 Å². The fraction of sp³-hybridized carbons (Fsp3) is 0.333. The summed E-state index contributed by atoms with van der Waals surface area (Å²) in [7, 11) is 0. The molecule has 0 aromatic heterocycles. The molecule has 170 valence electrons. The summed E-state index contributed by atoms with van der Waals surface area (Å²) >= 11 is 0. The molecule has 4 aliphatic rings. The first-order valence-corrected chi connectivity index (χ1v) is 13.1. The van der Waals surface area contributed by atoms with Gasteiger partial charge in [0.15, 0.2) is 0 Å². The molecule has 0 heteroatoms. The Kier molecular flexibility index (Phi) is 6.48. The number of allylic oxidation sites excluding steroid dienone is 4. The van der Waals surface area contributed by atoms with Gasteiger partial charge in [0.2, 0.25) is 0 Å². The van der Waals surface area contributed by atoms with E-state index >= 15 is 0 Å². The number of fused-ring (bicyclic) bond motifs is 11. The summed E-state index contributed by atoms with van der Waals surface area (Å²) in [5.74, 6) is 2.20. The van der Waals surface area contributed by atoms with Crippen molar-refractivity contribution in [2.45, 2.75) is 53.9 Å². The van der Waals surface area contributed by atoms with Crippen LogP contribution < -0.4 is 0 Å². The van der Waals surface area contributed by atoms with Crippen molar-refractivity contribution in [2.24, 2.45) is 17.8 Å². The molecular formula is C33H38. The minimum absolute atomic E-state index is 0.136. The first-order valence-electron chi connectivity index (χ1n) is 13.1.